The summed E-state index contributed by atoms with van der Waals surface area (Å²) in [6, 6.07) is 24.1. The van der Waals surface area contributed by atoms with Gasteiger partial charge in [0.15, 0.2) is 5.58 Å². The van der Waals surface area contributed by atoms with Crippen molar-refractivity contribution < 1.29 is 9.15 Å². The second-order valence-electron chi connectivity index (χ2n) is 7.33. The number of allylic oxidation sites excluding steroid dienone is 1. The summed E-state index contributed by atoms with van der Waals surface area (Å²) in [6.45, 7) is 9.16. The monoisotopic (exact) mass is 383 g/mol. The summed E-state index contributed by atoms with van der Waals surface area (Å²) in [6.07, 6.45) is 1.07. The molecule has 1 aromatic heterocycles. The molecule has 3 nitrogen and oxygen atoms in total. The van der Waals surface area contributed by atoms with Gasteiger partial charge in [0.05, 0.1) is 0 Å². The lowest BCUT2D eigenvalue weighted by Crippen LogP contribution is -1.95. The maximum Gasteiger partial charge on any atom is 0.227 e. The van der Waals surface area contributed by atoms with Crippen molar-refractivity contribution in [3.05, 3.63) is 90.5 Å². The normalized spacial score (nSPS) is 12.1. The Kier molecular flexibility index (Phi) is 5.48. The van der Waals surface area contributed by atoms with Crippen LogP contribution < -0.4 is 4.74 Å². The van der Waals surface area contributed by atoms with Crippen LogP contribution in [0.2, 0.25) is 0 Å². The zero-order valence-corrected chi connectivity index (χ0v) is 16.9. The van der Waals surface area contributed by atoms with E-state index in [9.17, 15) is 0 Å². The molecule has 1 unspecified atom stereocenters. The number of benzene rings is 3. The largest absolute Gasteiger partial charge is 0.489 e. The van der Waals surface area contributed by atoms with E-state index in [1.165, 1.54) is 0 Å². The van der Waals surface area contributed by atoms with Crippen molar-refractivity contribution in [2.75, 3.05) is 0 Å². The van der Waals surface area contributed by atoms with E-state index in [0.29, 0.717) is 18.4 Å². The molecular formula is C26H25NO2. The summed E-state index contributed by atoms with van der Waals surface area (Å²) < 4.78 is 11.9. The first-order chi connectivity index (χ1) is 14.1. The van der Waals surface area contributed by atoms with Crippen LogP contribution in [0.1, 0.15) is 31.4 Å². The third kappa shape index (κ3) is 4.24. The molecule has 3 aromatic carbocycles. The van der Waals surface area contributed by atoms with Crippen molar-refractivity contribution in [2.24, 2.45) is 5.92 Å². The smallest absolute Gasteiger partial charge is 0.227 e. The van der Waals surface area contributed by atoms with E-state index in [1.54, 1.807) is 0 Å². The van der Waals surface area contributed by atoms with Gasteiger partial charge in [-0.25, -0.2) is 4.98 Å². The van der Waals surface area contributed by atoms with Crippen molar-refractivity contribution in [1.29, 1.82) is 0 Å². The number of aromatic nitrogens is 1. The van der Waals surface area contributed by atoms with E-state index >= 15 is 0 Å². The van der Waals surface area contributed by atoms with Gasteiger partial charge < -0.3 is 9.15 Å². The zero-order valence-electron chi connectivity index (χ0n) is 16.9. The molecule has 3 heteroatoms. The lowest BCUT2D eigenvalue weighted by Gasteiger charge is -2.12. The lowest BCUT2D eigenvalue weighted by atomic mass is 9.93. The van der Waals surface area contributed by atoms with Crippen LogP contribution in [0.5, 0.6) is 5.75 Å². The topological polar surface area (TPSA) is 35.3 Å². The van der Waals surface area contributed by atoms with Crippen molar-refractivity contribution in [1.82, 2.24) is 4.98 Å². The van der Waals surface area contributed by atoms with Gasteiger partial charge in [-0.05, 0) is 65.4 Å². The standard InChI is InChI=1S/C26H25NO2/c1-4-18(2)19(3)22-12-15-24-25(16-22)29-26(27-24)21-10-13-23(14-11-21)28-17-20-8-6-5-7-9-20/h5-16,18H,3-4,17H2,1-2H3. The predicted molar refractivity (Wildman–Crippen MR) is 119 cm³/mol. The van der Waals surface area contributed by atoms with Gasteiger partial charge in [0.25, 0.3) is 0 Å². The number of ether oxygens (including phenoxy) is 1. The Hall–Kier alpha value is -3.33. The molecule has 0 N–H and O–H groups in total. The summed E-state index contributed by atoms with van der Waals surface area (Å²) in [5.41, 5.74) is 5.95. The van der Waals surface area contributed by atoms with Crippen LogP contribution in [0.3, 0.4) is 0 Å². The molecule has 0 bridgehead atoms. The molecule has 0 aliphatic rings. The Morgan fingerprint density at radius 3 is 2.52 bits per heavy atom. The fourth-order valence-electron chi connectivity index (χ4n) is 3.21. The average molecular weight is 383 g/mol. The quantitative estimate of drug-likeness (QED) is 0.340. The molecular weight excluding hydrogens is 358 g/mol. The molecule has 0 saturated heterocycles. The van der Waals surface area contributed by atoms with Crippen LogP contribution in [-0.4, -0.2) is 4.98 Å². The van der Waals surface area contributed by atoms with Crippen molar-refractivity contribution in [3.8, 4) is 17.2 Å². The Balaban J connectivity index is 1.51. The van der Waals surface area contributed by atoms with E-state index in [0.717, 1.165) is 45.5 Å². The molecule has 0 aliphatic carbocycles. The van der Waals surface area contributed by atoms with Crippen LogP contribution in [-0.2, 0) is 6.61 Å². The maximum atomic E-state index is 6.03. The summed E-state index contributed by atoms with van der Waals surface area (Å²) in [7, 11) is 0. The molecule has 0 saturated carbocycles. The average Bonchev–Trinajstić information content (AvgIpc) is 3.21. The first-order valence-corrected chi connectivity index (χ1v) is 10.0. The third-order valence-electron chi connectivity index (χ3n) is 5.32. The fraction of sp³-hybridized carbons (Fsp3) is 0.192. The SMILES string of the molecule is C=C(c1ccc2nc(-c3ccc(OCc4ccccc4)cc3)oc2c1)C(C)CC. The number of rotatable bonds is 7. The Morgan fingerprint density at radius 2 is 1.79 bits per heavy atom. The number of hydrogen-bond acceptors (Lipinski definition) is 3. The van der Waals surface area contributed by atoms with Crippen LogP contribution in [0.25, 0.3) is 28.1 Å². The molecule has 29 heavy (non-hydrogen) atoms. The van der Waals surface area contributed by atoms with Gasteiger partial charge in [-0.1, -0.05) is 56.8 Å². The van der Waals surface area contributed by atoms with Gasteiger partial charge in [0.2, 0.25) is 5.89 Å². The first-order valence-electron chi connectivity index (χ1n) is 10.0. The van der Waals surface area contributed by atoms with E-state index in [4.69, 9.17) is 9.15 Å². The molecule has 4 aromatic rings. The minimum Gasteiger partial charge on any atom is -0.489 e. The van der Waals surface area contributed by atoms with Gasteiger partial charge in [0, 0.05) is 5.56 Å². The third-order valence-corrected chi connectivity index (χ3v) is 5.32. The lowest BCUT2D eigenvalue weighted by molar-refractivity contribution is 0.306. The molecule has 0 amide bonds. The Morgan fingerprint density at radius 1 is 1.03 bits per heavy atom. The van der Waals surface area contributed by atoms with Gasteiger partial charge in [-0.15, -0.1) is 0 Å². The fourth-order valence-corrected chi connectivity index (χ4v) is 3.21. The van der Waals surface area contributed by atoms with Crippen molar-refractivity contribution >= 4 is 16.7 Å². The summed E-state index contributed by atoms with van der Waals surface area (Å²) in [5.74, 6) is 1.88. The van der Waals surface area contributed by atoms with Crippen LogP contribution in [0.4, 0.5) is 0 Å². The van der Waals surface area contributed by atoms with E-state index < -0.39 is 0 Å². The molecule has 1 heterocycles. The highest BCUT2D eigenvalue weighted by Gasteiger charge is 2.12. The highest BCUT2D eigenvalue weighted by atomic mass is 16.5. The Labute approximate surface area is 171 Å². The van der Waals surface area contributed by atoms with E-state index in [2.05, 4.69) is 43.6 Å². The number of nitrogens with zero attached hydrogens (tertiary/aromatic N) is 1. The van der Waals surface area contributed by atoms with E-state index in [-0.39, 0.29) is 0 Å². The highest BCUT2D eigenvalue weighted by molar-refractivity contribution is 5.81. The number of hydrogen-bond donors (Lipinski definition) is 0. The number of oxazole rings is 1. The second kappa shape index (κ2) is 8.36. The van der Waals surface area contributed by atoms with Crippen molar-refractivity contribution in [3.63, 3.8) is 0 Å². The van der Waals surface area contributed by atoms with Gasteiger partial charge >= 0.3 is 0 Å². The summed E-state index contributed by atoms with van der Waals surface area (Å²) in [4.78, 5) is 4.63. The minimum absolute atomic E-state index is 0.443. The molecule has 0 aliphatic heterocycles. The van der Waals surface area contributed by atoms with E-state index in [1.807, 2.05) is 54.6 Å². The van der Waals surface area contributed by atoms with Crippen molar-refractivity contribution in [2.45, 2.75) is 26.9 Å². The highest BCUT2D eigenvalue weighted by Crippen LogP contribution is 2.30. The van der Waals surface area contributed by atoms with Gasteiger partial charge in [0.1, 0.15) is 17.9 Å². The molecule has 0 spiro atoms. The second-order valence-corrected chi connectivity index (χ2v) is 7.33. The predicted octanol–water partition coefficient (Wildman–Crippen LogP) is 7.13. The minimum atomic E-state index is 0.443. The maximum absolute atomic E-state index is 6.03. The van der Waals surface area contributed by atoms with Gasteiger partial charge in [-0.2, -0.15) is 0 Å². The number of fused-ring (bicyclic) bond motifs is 1. The van der Waals surface area contributed by atoms with Crippen LogP contribution >= 0.6 is 0 Å². The van der Waals surface area contributed by atoms with Crippen LogP contribution in [0.15, 0.2) is 83.8 Å². The molecule has 146 valence electrons. The zero-order chi connectivity index (χ0) is 20.2. The summed E-state index contributed by atoms with van der Waals surface area (Å²) >= 11 is 0. The summed E-state index contributed by atoms with van der Waals surface area (Å²) in [5, 5.41) is 0. The van der Waals surface area contributed by atoms with Crippen LogP contribution in [0, 0.1) is 5.92 Å². The Bertz CT molecular complexity index is 1110. The molecule has 0 fully saturated rings. The van der Waals surface area contributed by atoms with Gasteiger partial charge in [-0.3, -0.25) is 0 Å². The first kappa shape index (κ1) is 19.0. The molecule has 1 atom stereocenters. The molecule has 0 radical (unpaired) electrons. The molecule has 4 rings (SSSR count).